The van der Waals surface area contributed by atoms with Gasteiger partial charge in [0.15, 0.2) is 0 Å². The molecule has 31 heavy (non-hydrogen) atoms. The van der Waals surface area contributed by atoms with Crippen molar-refractivity contribution in [2.75, 3.05) is 10.6 Å². The zero-order valence-corrected chi connectivity index (χ0v) is 18.8. The highest BCUT2D eigenvalue weighted by molar-refractivity contribution is 7.92. The van der Waals surface area contributed by atoms with Crippen molar-refractivity contribution in [3.8, 4) is 11.4 Å². The minimum Gasteiger partial charge on any atom is -0.345 e. The Morgan fingerprint density at radius 3 is 2.35 bits per heavy atom. The summed E-state index contributed by atoms with van der Waals surface area (Å²) in [6, 6.07) is 13.8. The van der Waals surface area contributed by atoms with Crippen molar-refractivity contribution in [3.05, 3.63) is 65.5 Å². The van der Waals surface area contributed by atoms with Crippen molar-refractivity contribution >= 4 is 21.6 Å². The second-order valence-corrected chi connectivity index (χ2v) is 9.21. The van der Waals surface area contributed by atoms with Crippen LogP contribution < -0.4 is 9.62 Å². The SMILES string of the molecule is CCc1ccc(N([C@H](C)C(=O)NCc2nc(-c3ccc(C)cc3)no2)S(C)(=O)=O)cc1. The molecule has 1 amide bonds. The highest BCUT2D eigenvalue weighted by Crippen LogP contribution is 2.22. The normalized spacial score (nSPS) is 12.4. The standard InChI is InChI=1S/C22H26N4O4S/c1-5-17-8-12-19(13-9-17)26(31(4,28)29)16(3)22(27)23-14-20-24-21(25-30-20)18-10-6-15(2)7-11-18/h6-13,16H,5,14H2,1-4H3,(H,23,27)/t16-/m1/s1. The lowest BCUT2D eigenvalue weighted by atomic mass is 10.1. The molecule has 0 saturated carbocycles. The summed E-state index contributed by atoms with van der Waals surface area (Å²) < 4.78 is 31.1. The van der Waals surface area contributed by atoms with Crippen LogP contribution in [0.5, 0.6) is 0 Å². The number of hydrogen-bond acceptors (Lipinski definition) is 6. The smallest absolute Gasteiger partial charge is 0.246 e. The van der Waals surface area contributed by atoms with Crippen molar-refractivity contribution in [2.45, 2.75) is 39.8 Å². The van der Waals surface area contributed by atoms with Crippen molar-refractivity contribution in [1.29, 1.82) is 0 Å². The van der Waals surface area contributed by atoms with Crippen LogP contribution in [0.3, 0.4) is 0 Å². The summed E-state index contributed by atoms with van der Waals surface area (Å²) in [5, 5.41) is 6.61. The van der Waals surface area contributed by atoms with Crippen LogP contribution in [0, 0.1) is 6.92 Å². The molecule has 8 nitrogen and oxygen atoms in total. The molecule has 0 radical (unpaired) electrons. The molecular formula is C22H26N4O4S. The Balaban J connectivity index is 1.70. The summed E-state index contributed by atoms with van der Waals surface area (Å²) in [4.78, 5) is 17.0. The van der Waals surface area contributed by atoms with Gasteiger partial charge >= 0.3 is 0 Å². The molecule has 0 aliphatic carbocycles. The molecule has 1 atom stereocenters. The highest BCUT2D eigenvalue weighted by Gasteiger charge is 2.29. The molecule has 3 aromatic rings. The van der Waals surface area contributed by atoms with Crippen LogP contribution in [0.15, 0.2) is 53.1 Å². The Kier molecular flexibility index (Phi) is 6.74. The maximum atomic E-state index is 12.7. The van der Waals surface area contributed by atoms with E-state index in [0.717, 1.165) is 33.7 Å². The van der Waals surface area contributed by atoms with E-state index < -0.39 is 22.0 Å². The molecule has 0 saturated heterocycles. The van der Waals surface area contributed by atoms with Crippen LogP contribution in [0.4, 0.5) is 5.69 Å². The van der Waals surface area contributed by atoms with Crippen LogP contribution in [-0.4, -0.2) is 36.8 Å². The van der Waals surface area contributed by atoms with Crippen molar-refractivity contribution in [2.24, 2.45) is 0 Å². The molecule has 0 aliphatic heterocycles. The first-order valence-corrected chi connectivity index (χ1v) is 11.8. The molecule has 3 rings (SSSR count). The van der Waals surface area contributed by atoms with E-state index in [-0.39, 0.29) is 12.4 Å². The summed E-state index contributed by atoms with van der Waals surface area (Å²) in [6.07, 6.45) is 1.92. The molecular weight excluding hydrogens is 416 g/mol. The zero-order chi connectivity index (χ0) is 22.6. The number of anilines is 1. The Morgan fingerprint density at radius 1 is 1.13 bits per heavy atom. The predicted octanol–water partition coefficient (Wildman–Crippen LogP) is 3.08. The first-order chi connectivity index (χ1) is 14.7. The van der Waals surface area contributed by atoms with E-state index >= 15 is 0 Å². The van der Waals surface area contributed by atoms with Crippen LogP contribution in [-0.2, 0) is 27.8 Å². The van der Waals surface area contributed by atoms with Crippen LogP contribution in [0.25, 0.3) is 11.4 Å². The largest absolute Gasteiger partial charge is 0.345 e. The summed E-state index contributed by atoms with van der Waals surface area (Å²) in [5.41, 5.74) is 3.43. The molecule has 0 spiro atoms. The van der Waals surface area contributed by atoms with Gasteiger partial charge in [-0.15, -0.1) is 0 Å². The molecule has 9 heteroatoms. The first kappa shape index (κ1) is 22.5. The highest BCUT2D eigenvalue weighted by atomic mass is 32.2. The van der Waals surface area contributed by atoms with Gasteiger partial charge in [0.25, 0.3) is 0 Å². The van der Waals surface area contributed by atoms with Gasteiger partial charge in [-0.25, -0.2) is 8.42 Å². The number of amides is 1. The second kappa shape index (κ2) is 9.30. The fourth-order valence-electron chi connectivity index (χ4n) is 3.14. The lowest BCUT2D eigenvalue weighted by Crippen LogP contribution is -2.47. The number of aromatic nitrogens is 2. The first-order valence-electron chi connectivity index (χ1n) is 9.94. The summed E-state index contributed by atoms with van der Waals surface area (Å²) in [5.74, 6) is 0.181. The van der Waals surface area contributed by atoms with E-state index in [2.05, 4.69) is 15.5 Å². The van der Waals surface area contributed by atoms with E-state index in [9.17, 15) is 13.2 Å². The molecule has 164 valence electrons. The summed E-state index contributed by atoms with van der Waals surface area (Å²) in [6.45, 7) is 5.53. The molecule has 2 aromatic carbocycles. The van der Waals surface area contributed by atoms with E-state index in [0.29, 0.717) is 11.5 Å². The summed E-state index contributed by atoms with van der Waals surface area (Å²) in [7, 11) is -3.68. The average molecular weight is 443 g/mol. The Labute approximate surface area is 182 Å². The maximum Gasteiger partial charge on any atom is 0.246 e. The number of nitrogens with zero attached hydrogens (tertiary/aromatic N) is 3. The Bertz CT molecular complexity index is 1140. The predicted molar refractivity (Wildman–Crippen MR) is 119 cm³/mol. The van der Waals surface area contributed by atoms with E-state index in [4.69, 9.17) is 4.52 Å². The van der Waals surface area contributed by atoms with Crippen molar-refractivity contribution in [3.63, 3.8) is 0 Å². The maximum absolute atomic E-state index is 12.7. The van der Waals surface area contributed by atoms with E-state index in [1.165, 1.54) is 6.92 Å². The molecule has 0 aliphatic rings. The Hall–Kier alpha value is -3.20. The second-order valence-electron chi connectivity index (χ2n) is 7.35. The number of carbonyl (C=O) groups is 1. The zero-order valence-electron chi connectivity index (χ0n) is 18.0. The van der Waals surface area contributed by atoms with Crippen LogP contribution >= 0.6 is 0 Å². The molecule has 0 bridgehead atoms. The number of benzene rings is 2. The third-order valence-corrected chi connectivity index (χ3v) is 6.12. The Morgan fingerprint density at radius 2 is 1.77 bits per heavy atom. The fourth-order valence-corrected chi connectivity index (χ4v) is 4.32. The topological polar surface area (TPSA) is 105 Å². The number of nitrogens with one attached hydrogen (secondary N) is 1. The number of carbonyl (C=O) groups excluding carboxylic acids is 1. The van der Waals surface area contributed by atoms with Crippen molar-refractivity contribution < 1.29 is 17.7 Å². The number of rotatable bonds is 8. The van der Waals surface area contributed by atoms with E-state index in [1.54, 1.807) is 12.1 Å². The van der Waals surface area contributed by atoms with Crippen molar-refractivity contribution in [1.82, 2.24) is 15.5 Å². The third-order valence-electron chi connectivity index (χ3n) is 4.88. The van der Waals surface area contributed by atoms with Crippen LogP contribution in [0.1, 0.15) is 30.9 Å². The average Bonchev–Trinajstić information content (AvgIpc) is 3.21. The fraction of sp³-hybridized carbons (Fsp3) is 0.318. The number of aryl methyl sites for hydroxylation is 2. The van der Waals surface area contributed by atoms with Crippen LogP contribution in [0.2, 0.25) is 0 Å². The van der Waals surface area contributed by atoms with Gasteiger partial charge in [-0.05, 0) is 38.0 Å². The molecule has 0 unspecified atom stereocenters. The molecule has 1 heterocycles. The van der Waals surface area contributed by atoms with Gasteiger partial charge in [-0.2, -0.15) is 4.98 Å². The minimum absolute atomic E-state index is 0.00555. The lowest BCUT2D eigenvalue weighted by Gasteiger charge is -2.28. The monoisotopic (exact) mass is 442 g/mol. The van der Waals surface area contributed by atoms with E-state index in [1.807, 2.05) is 50.2 Å². The lowest BCUT2D eigenvalue weighted by molar-refractivity contribution is -0.122. The number of sulfonamides is 1. The quantitative estimate of drug-likeness (QED) is 0.575. The molecule has 1 aromatic heterocycles. The van der Waals surface area contributed by atoms with Gasteiger partial charge in [0.05, 0.1) is 18.5 Å². The van der Waals surface area contributed by atoms with Gasteiger partial charge in [0.2, 0.25) is 27.6 Å². The minimum atomic E-state index is -3.68. The number of hydrogen-bond donors (Lipinski definition) is 1. The van der Waals surface area contributed by atoms with Gasteiger partial charge < -0.3 is 9.84 Å². The van der Waals surface area contributed by atoms with Gasteiger partial charge in [0, 0.05) is 5.56 Å². The molecule has 1 N–H and O–H groups in total. The summed E-state index contributed by atoms with van der Waals surface area (Å²) >= 11 is 0. The third kappa shape index (κ3) is 5.49. The van der Waals surface area contributed by atoms with Gasteiger partial charge in [0.1, 0.15) is 6.04 Å². The van der Waals surface area contributed by atoms with Gasteiger partial charge in [-0.1, -0.05) is 54.0 Å². The molecule has 0 fully saturated rings. The van der Waals surface area contributed by atoms with Gasteiger partial charge in [-0.3, -0.25) is 9.10 Å².